The van der Waals surface area contributed by atoms with Crippen LogP contribution >= 0.6 is 11.6 Å². The third-order valence-corrected chi connectivity index (χ3v) is 14.4. The summed E-state index contributed by atoms with van der Waals surface area (Å²) in [7, 11) is 3.36. The Hall–Kier alpha value is -5.42. The van der Waals surface area contributed by atoms with Gasteiger partial charge in [0, 0.05) is 57.0 Å². The molecule has 3 saturated heterocycles. The fraction of sp³-hybridized carbons (Fsp3) is 0.511. The van der Waals surface area contributed by atoms with Crippen molar-refractivity contribution in [2.45, 2.75) is 75.7 Å². The lowest BCUT2D eigenvalue weighted by atomic mass is 9.84. The lowest BCUT2D eigenvalue weighted by molar-refractivity contribution is -0.134. The molecule has 7 heterocycles. The number of nitrogens with zero attached hydrogens (tertiary/aromatic N) is 7. The van der Waals surface area contributed by atoms with Crippen LogP contribution in [0.3, 0.4) is 0 Å². The molecular weight excluding hydrogens is 837 g/mol. The molecule has 4 atom stereocenters. The lowest BCUT2D eigenvalue weighted by Crippen LogP contribution is -2.45. The third kappa shape index (κ3) is 7.74. The number of aromatic nitrogens is 5. The van der Waals surface area contributed by atoms with E-state index in [4.69, 9.17) is 26.4 Å². The zero-order valence-corrected chi connectivity index (χ0v) is 36.2. The molecule has 18 heteroatoms. The van der Waals surface area contributed by atoms with Crippen LogP contribution in [0, 0.1) is 23.6 Å². The second-order valence-electron chi connectivity index (χ2n) is 18.3. The normalized spacial score (nSPS) is 24.5. The molecule has 3 aromatic heterocycles. The summed E-state index contributed by atoms with van der Waals surface area (Å²) in [6.07, 6.45) is 6.60. The topological polar surface area (TPSA) is 152 Å². The number of aryl methyl sites for hydroxylation is 2. The number of halogens is 4. The van der Waals surface area contributed by atoms with E-state index in [2.05, 4.69) is 55.9 Å². The van der Waals surface area contributed by atoms with Crippen molar-refractivity contribution in [1.82, 2.24) is 34.5 Å². The van der Waals surface area contributed by atoms with Gasteiger partial charge in [0.1, 0.15) is 10.8 Å². The van der Waals surface area contributed by atoms with E-state index < -0.39 is 35.9 Å². The van der Waals surface area contributed by atoms with Gasteiger partial charge in [-0.3, -0.25) is 24.4 Å². The van der Waals surface area contributed by atoms with E-state index in [0.717, 1.165) is 68.6 Å². The molecule has 4 aliphatic heterocycles. The monoisotopic (exact) mass is 886 g/mol. The quantitative estimate of drug-likeness (QED) is 0.141. The number of carbonyl (C=O) groups is 2. The molecule has 14 nitrogen and oxygen atoms in total. The number of rotatable bonds is 8. The number of pyridine rings is 1. The maximum atomic E-state index is 15.8. The van der Waals surface area contributed by atoms with E-state index in [9.17, 15) is 14.4 Å². The fourth-order valence-corrected chi connectivity index (χ4v) is 10.4. The van der Waals surface area contributed by atoms with Gasteiger partial charge in [-0.1, -0.05) is 30.7 Å². The first-order valence-electron chi connectivity index (χ1n) is 21.9. The van der Waals surface area contributed by atoms with Crippen LogP contribution in [-0.4, -0.2) is 92.3 Å². The number of amides is 2. The first-order chi connectivity index (χ1) is 30.2. The van der Waals surface area contributed by atoms with Gasteiger partial charge in [-0.25, -0.2) is 18.2 Å². The Morgan fingerprint density at radius 1 is 0.984 bits per heavy atom. The number of likely N-dealkylation sites (tertiary alicyclic amines) is 1. The number of benzene rings is 2. The molecule has 1 saturated carbocycles. The van der Waals surface area contributed by atoms with Gasteiger partial charge in [-0.2, -0.15) is 10.1 Å². The average Bonchev–Trinajstić information content (AvgIpc) is 4.07. The second kappa shape index (κ2) is 16.0. The molecule has 10 rings (SSSR count). The SMILES string of the molecule is CC1CN(c2ncc(Cl)c(Nc3cc4c5c(c(=O)n(C)c4cc3F)OCC(F)(F)C(C3CC3)N5)n2)CCC1CN1CCC(c2ccc3c(C4CCC(=O)NC4=O)nn(C)c3c2)CC1. The van der Waals surface area contributed by atoms with Gasteiger partial charge >= 0.3 is 5.92 Å². The van der Waals surface area contributed by atoms with Crippen molar-refractivity contribution in [2.24, 2.45) is 31.8 Å². The predicted molar refractivity (Wildman–Crippen MR) is 234 cm³/mol. The molecule has 0 spiro atoms. The van der Waals surface area contributed by atoms with Gasteiger partial charge in [-0.05, 0) is 93.0 Å². The highest BCUT2D eigenvalue weighted by Gasteiger charge is 2.51. The van der Waals surface area contributed by atoms with Crippen molar-refractivity contribution in [2.75, 3.05) is 54.9 Å². The number of imide groups is 1. The van der Waals surface area contributed by atoms with E-state index in [1.165, 1.54) is 35.5 Å². The number of nitrogens with one attached hydrogen (secondary N) is 3. The molecule has 5 aliphatic rings. The van der Waals surface area contributed by atoms with Crippen LogP contribution in [0.4, 0.5) is 36.3 Å². The molecule has 2 amide bonds. The van der Waals surface area contributed by atoms with Gasteiger partial charge in [0.15, 0.2) is 12.4 Å². The number of piperidine rings is 3. The van der Waals surface area contributed by atoms with Crippen LogP contribution in [0.2, 0.25) is 5.02 Å². The van der Waals surface area contributed by atoms with Crippen molar-refractivity contribution in [3.8, 4) is 5.75 Å². The molecule has 332 valence electrons. The van der Waals surface area contributed by atoms with E-state index in [0.29, 0.717) is 54.8 Å². The highest BCUT2D eigenvalue weighted by molar-refractivity contribution is 6.33. The fourth-order valence-electron chi connectivity index (χ4n) is 10.2. The van der Waals surface area contributed by atoms with E-state index in [1.807, 2.05) is 11.7 Å². The van der Waals surface area contributed by atoms with Crippen molar-refractivity contribution in [3.05, 3.63) is 69.0 Å². The van der Waals surface area contributed by atoms with E-state index >= 15 is 13.2 Å². The molecule has 2 aromatic carbocycles. The molecule has 5 aromatic rings. The van der Waals surface area contributed by atoms with Crippen LogP contribution in [0.1, 0.15) is 75.0 Å². The molecular formula is C45H50ClF3N10O4. The van der Waals surface area contributed by atoms with Crippen LogP contribution in [0.25, 0.3) is 21.8 Å². The Bertz CT molecular complexity index is 2720. The van der Waals surface area contributed by atoms with Crippen molar-refractivity contribution >= 4 is 68.4 Å². The summed E-state index contributed by atoms with van der Waals surface area (Å²) in [5.41, 5.74) is 2.72. The number of ether oxygens (including phenoxy) is 1. The molecule has 0 bridgehead atoms. The summed E-state index contributed by atoms with van der Waals surface area (Å²) < 4.78 is 54.7. The van der Waals surface area contributed by atoms with Crippen molar-refractivity contribution in [3.63, 3.8) is 0 Å². The highest BCUT2D eigenvalue weighted by atomic mass is 35.5. The smallest absolute Gasteiger partial charge is 0.301 e. The lowest BCUT2D eigenvalue weighted by Gasteiger charge is -2.41. The minimum Gasteiger partial charge on any atom is -0.480 e. The standard InChI is InChI=1S/C45H50ClF3N10O4/c1-23-20-59(15-12-27(23)21-58-13-10-24(11-14-58)26-6-7-28-35(16-26)57(3)55-37(28)29-8-9-36(60)52-42(29)61)44-50-19-31(46)41(54-44)51-33-17-30-34(18-32(33)47)56(2)43(62)39-38(30)53-40(25-4-5-25)45(48,49)22-63-39/h6-7,16-19,23-25,27,29,40,53H,4-5,8-15,20-22H2,1-3H3,(H,50,51,54)(H,52,60,61). The predicted octanol–water partition coefficient (Wildman–Crippen LogP) is 6.83. The van der Waals surface area contributed by atoms with Gasteiger partial charge in [0.2, 0.25) is 23.5 Å². The molecule has 1 aliphatic carbocycles. The van der Waals surface area contributed by atoms with Gasteiger partial charge in [0.25, 0.3) is 5.56 Å². The molecule has 63 heavy (non-hydrogen) atoms. The number of alkyl halides is 2. The van der Waals surface area contributed by atoms with Crippen LogP contribution < -0.4 is 31.1 Å². The maximum Gasteiger partial charge on any atom is 0.301 e. The Balaban J connectivity index is 0.788. The van der Waals surface area contributed by atoms with Gasteiger partial charge < -0.3 is 29.7 Å². The summed E-state index contributed by atoms with van der Waals surface area (Å²) in [5.74, 6) is -3.40. The molecule has 3 N–H and O–H groups in total. The first kappa shape index (κ1) is 41.6. The van der Waals surface area contributed by atoms with Crippen molar-refractivity contribution < 1.29 is 27.5 Å². The first-order valence-corrected chi connectivity index (χ1v) is 22.3. The number of fused-ring (bicyclic) bond motifs is 4. The number of hydrogen-bond donors (Lipinski definition) is 3. The molecule has 4 fully saturated rings. The molecule has 0 radical (unpaired) electrons. The van der Waals surface area contributed by atoms with Crippen LogP contribution in [-0.2, 0) is 23.7 Å². The zero-order chi connectivity index (χ0) is 43.9. The van der Waals surface area contributed by atoms with E-state index in [1.54, 1.807) is 0 Å². The Morgan fingerprint density at radius 2 is 1.78 bits per heavy atom. The van der Waals surface area contributed by atoms with E-state index in [-0.39, 0.29) is 51.2 Å². The maximum absolute atomic E-state index is 15.8. The van der Waals surface area contributed by atoms with Crippen LogP contribution in [0.5, 0.6) is 5.75 Å². The third-order valence-electron chi connectivity index (χ3n) is 14.1. The Labute approximate surface area is 366 Å². The Kier molecular flexibility index (Phi) is 10.5. The summed E-state index contributed by atoms with van der Waals surface area (Å²) in [5, 5.41) is 14.6. The average molecular weight is 887 g/mol. The summed E-state index contributed by atoms with van der Waals surface area (Å²) in [6.45, 7) is 5.80. The summed E-state index contributed by atoms with van der Waals surface area (Å²) in [6, 6.07) is 7.93. The number of anilines is 4. The molecule has 4 unspecified atom stereocenters. The summed E-state index contributed by atoms with van der Waals surface area (Å²) >= 11 is 6.59. The van der Waals surface area contributed by atoms with Crippen LogP contribution in [0.15, 0.2) is 41.3 Å². The number of carbonyl (C=O) groups excluding carboxylic acids is 2. The van der Waals surface area contributed by atoms with Gasteiger partial charge in [-0.15, -0.1) is 0 Å². The minimum atomic E-state index is -3.21. The minimum absolute atomic E-state index is 0.00275. The van der Waals surface area contributed by atoms with Gasteiger partial charge in [0.05, 0.1) is 46.3 Å². The number of hydrogen-bond acceptors (Lipinski definition) is 11. The Morgan fingerprint density at radius 3 is 2.52 bits per heavy atom. The highest BCUT2D eigenvalue weighted by Crippen LogP contribution is 2.46. The second-order valence-corrected chi connectivity index (χ2v) is 18.7. The largest absolute Gasteiger partial charge is 0.480 e. The summed E-state index contributed by atoms with van der Waals surface area (Å²) in [4.78, 5) is 51.6. The zero-order valence-electron chi connectivity index (χ0n) is 35.4. The van der Waals surface area contributed by atoms with Crippen molar-refractivity contribution in [1.29, 1.82) is 0 Å².